The quantitative estimate of drug-likeness (QED) is 0.463. The number of hydrogen-bond acceptors (Lipinski definition) is 0. The predicted octanol–water partition coefficient (Wildman–Crippen LogP) is 5.76. The molecule has 0 saturated carbocycles. The molecule has 1 aliphatic carbocycles. The third kappa shape index (κ3) is 2.76. The van der Waals surface area contributed by atoms with Crippen molar-refractivity contribution in [3.8, 4) is 11.1 Å². The van der Waals surface area contributed by atoms with Gasteiger partial charge < -0.3 is 0 Å². The minimum atomic E-state index is 0.503. The van der Waals surface area contributed by atoms with Crippen LogP contribution in [0.4, 0.5) is 0 Å². The zero-order chi connectivity index (χ0) is 13.2. The van der Waals surface area contributed by atoms with Gasteiger partial charge in [0.15, 0.2) is 0 Å². The van der Waals surface area contributed by atoms with Gasteiger partial charge in [0, 0.05) is 4.83 Å². The maximum atomic E-state index is 3.88. The number of hydrogen-bond donors (Lipinski definition) is 0. The van der Waals surface area contributed by atoms with E-state index in [-0.39, 0.29) is 0 Å². The normalized spacial score (nSPS) is 22.6. The highest BCUT2D eigenvalue weighted by Gasteiger charge is 2.20. The molecule has 2 unspecified atom stereocenters. The van der Waals surface area contributed by atoms with Crippen molar-refractivity contribution in [3.63, 3.8) is 0 Å². The first-order valence-corrected chi connectivity index (χ1v) is 7.98. The molecule has 0 fully saturated rings. The standard InChI is InChI=1S/C18H19Br/c1-13-7-8-15-9-10-16(12-17(15)18(19)11-13)14-5-3-2-4-6-14/h2-6,9-10,12-13,18H,7-8,11H2,1H3. The van der Waals surface area contributed by atoms with E-state index in [1.165, 1.54) is 41.5 Å². The van der Waals surface area contributed by atoms with Gasteiger partial charge in [0.05, 0.1) is 0 Å². The monoisotopic (exact) mass is 314 g/mol. The fourth-order valence-electron chi connectivity index (χ4n) is 2.92. The van der Waals surface area contributed by atoms with Crippen LogP contribution in [-0.2, 0) is 6.42 Å². The zero-order valence-electron chi connectivity index (χ0n) is 11.3. The van der Waals surface area contributed by atoms with Gasteiger partial charge in [0.25, 0.3) is 0 Å². The number of halogens is 1. The first-order chi connectivity index (χ1) is 9.24. The maximum Gasteiger partial charge on any atom is 0.0400 e. The summed E-state index contributed by atoms with van der Waals surface area (Å²) in [6.07, 6.45) is 3.76. The van der Waals surface area contributed by atoms with Crippen LogP contribution >= 0.6 is 15.9 Å². The van der Waals surface area contributed by atoms with E-state index in [0.717, 1.165) is 5.92 Å². The molecule has 0 radical (unpaired) electrons. The summed E-state index contributed by atoms with van der Waals surface area (Å²) < 4.78 is 0. The average Bonchev–Trinajstić information content (AvgIpc) is 2.59. The number of rotatable bonds is 1. The second-order valence-electron chi connectivity index (χ2n) is 5.63. The summed E-state index contributed by atoms with van der Waals surface area (Å²) in [5.74, 6) is 0.803. The number of fused-ring (bicyclic) bond motifs is 1. The van der Waals surface area contributed by atoms with E-state index in [2.05, 4.69) is 71.4 Å². The molecule has 2 aromatic carbocycles. The van der Waals surface area contributed by atoms with Gasteiger partial charge in [0.1, 0.15) is 0 Å². The van der Waals surface area contributed by atoms with Gasteiger partial charge >= 0.3 is 0 Å². The molecule has 19 heavy (non-hydrogen) atoms. The van der Waals surface area contributed by atoms with Gasteiger partial charge in [-0.1, -0.05) is 65.3 Å². The highest BCUT2D eigenvalue weighted by molar-refractivity contribution is 9.09. The second-order valence-corrected chi connectivity index (χ2v) is 6.73. The van der Waals surface area contributed by atoms with Gasteiger partial charge in [-0.2, -0.15) is 0 Å². The Bertz CT molecular complexity index is 559. The average molecular weight is 315 g/mol. The Kier molecular flexibility index (Phi) is 3.74. The summed E-state index contributed by atoms with van der Waals surface area (Å²) in [6.45, 7) is 2.36. The first-order valence-electron chi connectivity index (χ1n) is 7.06. The van der Waals surface area contributed by atoms with Crippen LogP contribution in [-0.4, -0.2) is 0 Å². The highest BCUT2D eigenvalue weighted by atomic mass is 79.9. The van der Waals surface area contributed by atoms with Crippen molar-refractivity contribution in [3.05, 3.63) is 59.7 Å². The van der Waals surface area contributed by atoms with Crippen molar-refractivity contribution in [1.29, 1.82) is 0 Å². The topological polar surface area (TPSA) is 0 Å². The van der Waals surface area contributed by atoms with Crippen molar-refractivity contribution in [2.45, 2.75) is 31.0 Å². The lowest BCUT2D eigenvalue weighted by atomic mass is 9.96. The minimum Gasteiger partial charge on any atom is -0.0839 e. The molecule has 0 spiro atoms. The summed E-state index contributed by atoms with van der Waals surface area (Å²) in [4.78, 5) is 0.503. The molecule has 0 nitrogen and oxygen atoms in total. The highest BCUT2D eigenvalue weighted by Crippen LogP contribution is 2.39. The van der Waals surface area contributed by atoms with Crippen LogP contribution in [0.2, 0.25) is 0 Å². The molecule has 0 aromatic heterocycles. The summed E-state index contributed by atoms with van der Waals surface area (Å²) in [5.41, 5.74) is 5.65. The Balaban J connectivity index is 2.02. The Morgan fingerprint density at radius 1 is 1.00 bits per heavy atom. The molecule has 0 amide bonds. The van der Waals surface area contributed by atoms with E-state index in [4.69, 9.17) is 0 Å². The summed E-state index contributed by atoms with van der Waals surface area (Å²) >= 11 is 3.88. The van der Waals surface area contributed by atoms with Crippen LogP contribution in [0.5, 0.6) is 0 Å². The maximum absolute atomic E-state index is 3.88. The first kappa shape index (κ1) is 12.9. The van der Waals surface area contributed by atoms with E-state index in [9.17, 15) is 0 Å². The van der Waals surface area contributed by atoms with E-state index in [1.54, 1.807) is 0 Å². The Labute approximate surface area is 124 Å². The number of alkyl halides is 1. The van der Waals surface area contributed by atoms with Crippen LogP contribution in [0.25, 0.3) is 11.1 Å². The number of aryl methyl sites for hydroxylation is 1. The molecule has 0 aliphatic heterocycles. The van der Waals surface area contributed by atoms with E-state index in [1.807, 2.05) is 0 Å². The third-order valence-electron chi connectivity index (χ3n) is 4.11. The Hall–Kier alpha value is -1.08. The molecule has 2 atom stereocenters. The van der Waals surface area contributed by atoms with Crippen LogP contribution in [0.1, 0.15) is 35.7 Å². The fourth-order valence-corrected chi connectivity index (χ4v) is 3.99. The van der Waals surface area contributed by atoms with Crippen molar-refractivity contribution in [1.82, 2.24) is 0 Å². The lowest BCUT2D eigenvalue weighted by molar-refractivity contribution is 0.508. The van der Waals surface area contributed by atoms with Gasteiger partial charge in [-0.3, -0.25) is 0 Å². The molecular formula is C18H19Br. The smallest absolute Gasteiger partial charge is 0.0400 e. The lowest BCUT2D eigenvalue weighted by Gasteiger charge is -2.14. The second kappa shape index (κ2) is 5.50. The van der Waals surface area contributed by atoms with Crippen molar-refractivity contribution in [2.24, 2.45) is 5.92 Å². The van der Waals surface area contributed by atoms with E-state index in [0.29, 0.717) is 4.83 Å². The Morgan fingerprint density at radius 2 is 1.79 bits per heavy atom. The van der Waals surface area contributed by atoms with Crippen molar-refractivity contribution < 1.29 is 0 Å². The Morgan fingerprint density at radius 3 is 2.58 bits per heavy atom. The molecule has 1 aliphatic rings. The predicted molar refractivity (Wildman–Crippen MR) is 85.6 cm³/mol. The van der Waals surface area contributed by atoms with Crippen molar-refractivity contribution in [2.75, 3.05) is 0 Å². The molecule has 0 bridgehead atoms. The molecule has 1 heteroatoms. The largest absolute Gasteiger partial charge is 0.0839 e. The molecule has 3 rings (SSSR count). The fraction of sp³-hybridized carbons (Fsp3) is 0.333. The molecular weight excluding hydrogens is 296 g/mol. The number of benzene rings is 2. The molecule has 0 heterocycles. The van der Waals surface area contributed by atoms with Crippen LogP contribution in [0, 0.1) is 5.92 Å². The van der Waals surface area contributed by atoms with Crippen LogP contribution in [0.15, 0.2) is 48.5 Å². The summed E-state index contributed by atoms with van der Waals surface area (Å²) in [6, 6.07) is 17.6. The van der Waals surface area contributed by atoms with Crippen LogP contribution in [0.3, 0.4) is 0 Å². The van der Waals surface area contributed by atoms with Gasteiger partial charge in [0.2, 0.25) is 0 Å². The molecule has 0 N–H and O–H groups in total. The SMILES string of the molecule is CC1CCc2ccc(-c3ccccc3)cc2C(Br)C1. The van der Waals surface area contributed by atoms with Crippen molar-refractivity contribution >= 4 is 15.9 Å². The third-order valence-corrected chi connectivity index (χ3v) is 4.97. The summed E-state index contributed by atoms with van der Waals surface area (Å²) in [7, 11) is 0. The lowest BCUT2D eigenvalue weighted by Crippen LogP contribution is -1.96. The minimum absolute atomic E-state index is 0.503. The van der Waals surface area contributed by atoms with Crippen LogP contribution < -0.4 is 0 Å². The summed E-state index contributed by atoms with van der Waals surface area (Å²) in [5, 5.41) is 0. The molecule has 2 aromatic rings. The molecule has 0 saturated heterocycles. The van der Waals surface area contributed by atoms with Gasteiger partial charge in [-0.15, -0.1) is 0 Å². The zero-order valence-corrected chi connectivity index (χ0v) is 12.9. The van der Waals surface area contributed by atoms with E-state index >= 15 is 0 Å². The van der Waals surface area contributed by atoms with Gasteiger partial charge in [-0.25, -0.2) is 0 Å². The van der Waals surface area contributed by atoms with E-state index < -0.39 is 0 Å². The van der Waals surface area contributed by atoms with Gasteiger partial charge in [-0.05, 0) is 53.5 Å². The molecule has 98 valence electrons.